The topological polar surface area (TPSA) is 12.0 Å². The van der Waals surface area contributed by atoms with Crippen molar-refractivity contribution in [2.75, 3.05) is 5.32 Å². The second-order valence-electron chi connectivity index (χ2n) is 8.87. The van der Waals surface area contributed by atoms with Crippen molar-refractivity contribution in [2.45, 2.75) is 65.2 Å². The van der Waals surface area contributed by atoms with Gasteiger partial charge in [0.15, 0.2) is 0 Å². The fraction of sp³-hybridized carbons (Fsp3) is 0.455. The normalized spacial score (nSPS) is 14.5. The van der Waals surface area contributed by atoms with E-state index in [0.717, 1.165) is 12.8 Å². The highest BCUT2D eigenvalue weighted by atomic mass is 14.9. The Hall–Kier alpha value is -1.76. The number of aryl methyl sites for hydroxylation is 2. The third-order valence-electron chi connectivity index (χ3n) is 4.88. The highest BCUT2D eigenvalue weighted by Gasteiger charge is 2.20. The fourth-order valence-corrected chi connectivity index (χ4v) is 3.17. The molecular weight excluding hydrogens is 278 g/mol. The lowest BCUT2D eigenvalue weighted by molar-refractivity contribution is 0.590. The van der Waals surface area contributed by atoms with Crippen molar-refractivity contribution >= 4 is 11.4 Å². The van der Waals surface area contributed by atoms with E-state index in [1.165, 1.54) is 33.6 Å². The number of hydrogen-bond acceptors (Lipinski definition) is 1. The van der Waals surface area contributed by atoms with Crippen LogP contribution in [0.5, 0.6) is 0 Å². The molecule has 0 radical (unpaired) electrons. The number of rotatable bonds is 0. The molecule has 1 N–H and O–H groups in total. The quantitative estimate of drug-likeness (QED) is 0.618. The van der Waals surface area contributed by atoms with Gasteiger partial charge in [-0.15, -0.1) is 0 Å². The smallest absolute Gasteiger partial charge is 0.0419 e. The molecule has 3 rings (SSSR count). The molecule has 0 atom stereocenters. The van der Waals surface area contributed by atoms with Crippen molar-refractivity contribution < 1.29 is 0 Å². The van der Waals surface area contributed by atoms with Gasteiger partial charge >= 0.3 is 0 Å². The van der Waals surface area contributed by atoms with Gasteiger partial charge in [-0.25, -0.2) is 0 Å². The van der Waals surface area contributed by atoms with Gasteiger partial charge in [0.25, 0.3) is 0 Å². The Morgan fingerprint density at radius 2 is 1.04 bits per heavy atom. The van der Waals surface area contributed by atoms with Gasteiger partial charge in [-0.05, 0) is 58.1 Å². The summed E-state index contributed by atoms with van der Waals surface area (Å²) in [6.45, 7) is 13.6. The molecule has 1 nitrogen and oxygen atoms in total. The second kappa shape index (κ2) is 5.40. The first kappa shape index (κ1) is 16.1. The van der Waals surface area contributed by atoms with E-state index in [2.05, 4.69) is 83.3 Å². The zero-order valence-corrected chi connectivity index (χ0v) is 15.4. The van der Waals surface area contributed by atoms with Gasteiger partial charge in [0.1, 0.15) is 0 Å². The Morgan fingerprint density at radius 3 is 1.39 bits per heavy atom. The zero-order chi connectivity index (χ0) is 16.8. The van der Waals surface area contributed by atoms with Crippen LogP contribution in [0.25, 0.3) is 0 Å². The van der Waals surface area contributed by atoms with Crippen LogP contribution in [-0.4, -0.2) is 0 Å². The lowest BCUT2D eigenvalue weighted by Crippen LogP contribution is -2.12. The SMILES string of the molecule is CC(C)(C)c1ccc2c(c1)Nc1cc(C(C)(C)C)ccc1CC2. The molecule has 23 heavy (non-hydrogen) atoms. The van der Waals surface area contributed by atoms with E-state index in [1.54, 1.807) is 0 Å². The Balaban J connectivity index is 2.04. The standard InChI is InChI=1S/C22H29N/c1-21(2,3)17-11-9-15-7-8-16-10-12-18(22(4,5)6)14-20(16)23-19(15)13-17/h9-14,23H,7-8H2,1-6H3. The van der Waals surface area contributed by atoms with E-state index in [9.17, 15) is 0 Å². The van der Waals surface area contributed by atoms with Gasteiger partial charge < -0.3 is 5.32 Å². The van der Waals surface area contributed by atoms with Crippen LogP contribution in [0.4, 0.5) is 11.4 Å². The van der Waals surface area contributed by atoms with Crippen molar-refractivity contribution in [3.8, 4) is 0 Å². The Kier molecular flexibility index (Phi) is 3.78. The van der Waals surface area contributed by atoms with Crippen molar-refractivity contribution in [2.24, 2.45) is 0 Å². The van der Waals surface area contributed by atoms with Crippen molar-refractivity contribution in [1.82, 2.24) is 0 Å². The van der Waals surface area contributed by atoms with E-state index in [0.29, 0.717) is 0 Å². The molecule has 0 bridgehead atoms. The minimum Gasteiger partial charge on any atom is -0.355 e. The average Bonchev–Trinajstić information content (AvgIpc) is 2.62. The molecule has 0 amide bonds. The van der Waals surface area contributed by atoms with Crippen LogP contribution in [0, 0.1) is 0 Å². The van der Waals surface area contributed by atoms with Crippen molar-refractivity contribution in [3.63, 3.8) is 0 Å². The summed E-state index contributed by atoms with van der Waals surface area (Å²) in [5, 5.41) is 3.73. The highest BCUT2D eigenvalue weighted by Crippen LogP contribution is 2.35. The summed E-state index contributed by atoms with van der Waals surface area (Å²) in [5.74, 6) is 0. The fourth-order valence-electron chi connectivity index (χ4n) is 3.17. The van der Waals surface area contributed by atoms with E-state index in [4.69, 9.17) is 0 Å². The number of hydrogen-bond donors (Lipinski definition) is 1. The number of benzene rings is 2. The molecule has 0 unspecified atom stereocenters. The molecule has 1 aliphatic heterocycles. The summed E-state index contributed by atoms with van der Waals surface area (Å²) in [7, 11) is 0. The van der Waals surface area contributed by atoms with Gasteiger partial charge in [0, 0.05) is 11.4 Å². The predicted molar refractivity (Wildman–Crippen MR) is 101 cm³/mol. The van der Waals surface area contributed by atoms with Crippen LogP contribution in [-0.2, 0) is 23.7 Å². The van der Waals surface area contributed by atoms with Gasteiger partial charge in [0.05, 0.1) is 0 Å². The molecule has 0 fully saturated rings. The highest BCUT2D eigenvalue weighted by molar-refractivity contribution is 5.70. The molecule has 0 aromatic heterocycles. The van der Waals surface area contributed by atoms with Gasteiger partial charge in [-0.3, -0.25) is 0 Å². The maximum atomic E-state index is 3.73. The van der Waals surface area contributed by atoms with Crippen LogP contribution in [0.3, 0.4) is 0 Å². The maximum Gasteiger partial charge on any atom is 0.0419 e. The molecule has 1 aliphatic rings. The average molecular weight is 307 g/mol. The molecule has 0 saturated carbocycles. The van der Waals surface area contributed by atoms with Crippen LogP contribution in [0.2, 0.25) is 0 Å². The largest absolute Gasteiger partial charge is 0.355 e. The van der Waals surface area contributed by atoms with E-state index >= 15 is 0 Å². The summed E-state index contributed by atoms with van der Waals surface area (Å²) < 4.78 is 0. The first-order valence-electron chi connectivity index (χ1n) is 8.68. The zero-order valence-electron chi connectivity index (χ0n) is 15.4. The molecule has 1 heterocycles. The predicted octanol–water partition coefficient (Wildman–Crippen LogP) is 6.12. The molecule has 1 heteroatoms. The molecular formula is C22H29N. The minimum absolute atomic E-state index is 0.180. The number of nitrogens with one attached hydrogen (secondary N) is 1. The molecule has 0 spiro atoms. The van der Waals surface area contributed by atoms with E-state index in [1.807, 2.05) is 0 Å². The summed E-state index contributed by atoms with van der Waals surface area (Å²) in [6, 6.07) is 13.9. The van der Waals surface area contributed by atoms with Gasteiger partial charge in [0.2, 0.25) is 0 Å². The van der Waals surface area contributed by atoms with Crippen LogP contribution in [0.15, 0.2) is 36.4 Å². The summed E-state index contributed by atoms with van der Waals surface area (Å²) >= 11 is 0. The summed E-state index contributed by atoms with van der Waals surface area (Å²) in [6.07, 6.45) is 2.21. The third-order valence-corrected chi connectivity index (χ3v) is 4.88. The molecule has 2 aromatic carbocycles. The monoisotopic (exact) mass is 307 g/mol. The van der Waals surface area contributed by atoms with E-state index < -0.39 is 0 Å². The number of fused-ring (bicyclic) bond motifs is 2. The molecule has 2 aromatic rings. The van der Waals surface area contributed by atoms with Crippen LogP contribution in [0.1, 0.15) is 63.8 Å². The van der Waals surface area contributed by atoms with E-state index in [-0.39, 0.29) is 10.8 Å². The minimum atomic E-state index is 0.180. The molecule has 0 saturated heterocycles. The van der Waals surface area contributed by atoms with Gasteiger partial charge in [-0.2, -0.15) is 0 Å². The third kappa shape index (κ3) is 3.29. The Labute approximate surface area is 141 Å². The first-order chi connectivity index (χ1) is 10.6. The Bertz CT molecular complexity index is 663. The van der Waals surface area contributed by atoms with Crippen molar-refractivity contribution in [3.05, 3.63) is 58.7 Å². The van der Waals surface area contributed by atoms with Gasteiger partial charge in [-0.1, -0.05) is 65.8 Å². The van der Waals surface area contributed by atoms with Crippen LogP contribution < -0.4 is 5.32 Å². The molecule has 0 aliphatic carbocycles. The Morgan fingerprint density at radius 1 is 0.652 bits per heavy atom. The second-order valence-corrected chi connectivity index (χ2v) is 8.87. The van der Waals surface area contributed by atoms with Crippen molar-refractivity contribution in [1.29, 1.82) is 0 Å². The summed E-state index contributed by atoms with van der Waals surface area (Å²) in [5.41, 5.74) is 8.54. The van der Waals surface area contributed by atoms with Crippen LogP contribution >= 0.6 is 0 Å². The maximum absolute atomic E-state index is 3.73. The lowest BCUT2D eigenvalue weighted by atomic mass is 9.86. The summed E-state index contributed by atoms with van der Waals surface area (Å²) in [4.78, 5) is 0. The number of anilines is 2. The first-order valence-corrected chi connectivity index (χ1v) is 8.68. The molecule has 122 valence electrons. The lowest BCUT2D eigenvalue weighted by Gasteiger charge is -2.22.